The van der Waals surface area contributed by atoms with Crippen LogP contribution in [0.1, 0.15) is 29.3 Å². The number of hydrogen-bond donors (Lipinski definition) is 2. The van der Waals surface area contributed by atoms with Gasteiger partial charge in [0, 0.05) is 30.6 Å². The van der Waals surface area contributed by atoms with E-state index >= 15 is 0 Å². The number of thiophene rings is 1. The third-order valence-corrected chi connectivity index (χ3v) is 6.10. The molecule has 1 aliphatic rings. The molecule has 0 radical (unpaired) electrons. The number of guanidine groups is 1. The van der Waals surface area contributed by atoms with E-state index in [0.29, 0.717) is 25.8 Å². The van der Waals surface area contributed by atoms with Gasteiger partial charge in [-0.1, -0.05) is 24.3 Å². The maximum absolute atomic E-state index is 5.79. The molecule has 1 aliphatic heterocycles. The quantitative estimate of drug-likeness (QED) is 0.206. The maximum Gasteiger partial charge on any atom is 0.191 e. The maximum atomic E-state index is 5.79. The minimum Gasteiger partial charge on any atom is -0.496 e. The Labute approximate surface area is 201 Å². The van der Waals surface area contributed by atoms with Crippen molar-refractivity contribution in [2.24, 2.45) is 4.99 Å². The number of para-hydroxylation sites is 1. The zero-order chi connectivity index (χ0) is 20.3. The molecular formula is C22H33IN4O2S. The molecule has 1 aromatic carbocycles. The van der Waals surface area contributed by atoms with Crippen LogP contribution in [0.15, 0.2) is 46.8 Å². The van der Waals surface area contributed by atoms with Crippen molar-refractivity contribution in [3.8, 4) is 5.75 Å². The standard InChI is InChI=1S/C22H32N4O2S.HI/c1-23-22(24-11-14-28-17-18-8-3-4-9-20(18)27-2)25-16-19(21-10-7-15-29-21)26-12-5-6-13-26;/h3-4,7-10,15,19H,5-6,11-14,16-17H2,1-2H3,(H2,23,24,25);1H. The number of likely N-dealkylation sites (tertiary alicyclic amines) is 1. The second-order valence-corrected chi connectivity index (χ2v) is 8.00. The van der Waals surface area contributed by atoms with E-state index in [0.717, 1.165) is 23.8 Å². The highest BCUT2D eigenvalue weighted by Gasteiger charge is 2.24. The highest BCUT2D eigenvalue weighted by atomic mass is 127. The molecule has 1 aromatic heterocycles. The number of nitrogens with zero attached hydrogens (tertiary/aromatic N) is 2. The molecule has 1 atom stereocenters. The van der Waals surface area contributed by atoms with Crippen molar-refractivity contribution in [3.05, 3.63) is 52.2 Å². The Morgan fingerprint density at radius 1 is 1.17 bits per heavy atom. The van der Waals surface area contributed by atoms with Gasteiger partial charge in [-0.2, -0.15) is 0 Å². The molecule has 2 heterocycles. The van der Waals surface area contributed by atoms with Gasteiger partial charge in [0.25, 0.3) is 0 Å². The summed E-state index contributed by atoms with van der Waals surface area (Å²) in [6.07, 6.45) is 2.58. The fraction of sp³-hybridized carbons (Fsp3) is 0.500. The van der Waals surface area contributed by atoms with Crippen LogP contribution in [0.4, 0.5) is 0 Å². The molecular weight excluding hydrogens is 511 g/mol. The number of halogens is 1. The Morgan fingerprint density at radius 3 is 2.67 bits per heavy atom. The lowest BCUT2D eigenvalue weighted by molar-refractivity contribution is 0.123. The number of ether oxygens (including phenoxy) is 2. The summed E-state index contributed by atoms with van der Waals surface area (Å²) in [7, 11) is 3.49. The number of aliphatic imine (C=N–C) groups is 1. The number of nitrogens with one attached hydrogen (secondary N) is 2. The van der Waals surface area contributed by atoms with Crippen LogP contribution < -0.4 is 15.4 Å². The van der Waals surface area contributed by atoms with Gasteiger partial charge in [-0.3, -0.25) is 9.89 Å². The summed E-state index contributed by atoms with van der Waals surface area (Å²) in [6, 6.07) is 12.7. The van der Waals surface area contributed by atoms with Crippen LogP contribution in [0.5, 0.6) is 5.75 Å². The van der Waals surface area contributed by atoms with Gasteiger partial charge in [0.15, 0.2) is 5.96 Å². The van der Waals surface area contributed by atoms with Crippen LogP contribution in [0, 0.1) is 0 Å². The predicted molar refractivity (Wildman–Crippen MR) is 135 cm³/mol. The first-order chi connectivity index (χ1) is 14.3. The van der Waals surface area contributed by atoms with Crippen molar-refractivity contribution >= 4 is 41.3 Å². The van der Waals surface area contributed by atoms with Crippen LogP contribution in [0.3, 0.4) is 0 Å². The molecule has 1 unspecified atom stereocenters. The molecule has 1 saturated heterocycles. The average molecular weight is 545 g/mol. The minimum absolute atomic E-state index is 0. The van der Waals surface area contributed by atoms with Crippen molar-refractivity contribution in [3.63, 3.8) is 0 Å². The molecule has 6 nitrogen and oxygen atoms in total. The van der Waals surface area contributed by atoms with E-state index in [2.05, 4.69) is 38.0 Å². The predicted octanol–water partition coefficient (Wildman–Crippen LogP) is 3.89. The topological polar surface area (TPSA) is 58.1 Å². The normalized spacial score (nSPS) is 15.5. The Kier molecular flexibility index (Phi) is 11.5. The van der Waals surface area contributed by atoms with Gasteiger partial charge in [-0.15, -0.1) is 35.3 Å². The third-order valence-electron chi connectivity index (χ3n) is 5.13. The average Bonchev–Trinajstić information content (AvgIpc) is 3.47. The molecule has 0 aliphatic carbocycles. The van der Waals surface area contributed by atoms with Crippen LogP contribution >= 0.6 is 35.3 Å². The zero-order valence-electron chi connectivity index (χ0n) is 17.8. The molecule has 0 amide bonds. The molecule has 8 heteroatoms. The van der Waals surface area contributed by atoms with Crippen molar-refractivity contribution in [1.29, 1.82) is 0 Å². The Balaban J connectivity index is 0.00000320. The SMILES string of the molecule is CN=C(NCCOCc1ccccc1OC)NCC(c1cccs1)N1CCCC1.I. The number of methoxy groups -OCH3 is 1. The first kappa shape index (κ1) is 24.9. The number of benzene rings is 1. The molecule has 3 rings (SSSR count). The second-order valence-electron chi connectivity index (χ2n) is 7.02. The van der Waals surface area contributed by atoms with Crippen LogP contribution in [0.25, 0.3) is 0 Å². The highest BCUT2D eigenvalue weighted by molar-refractivity contribution is 14.0. The Morgan fingerprint density at radius 2 is 1.97 bits per heavy atom. The van der Waals surface area contributed by atoms with E-state index in [1.807, 2.05) is 35.6 Å². The lowest BCUT2D eigenvalue weighted by Crippen LogP contribution is -2.43. The van der Waals surface area contributed by atoms with Crippen molar-refractivity contribution in [1.82, 2.24) is 15.5 Å². The van der Waals surface area contributed by atoms with Gasteiger partial charge in [-0.25, -0.2) is 0 Å². The molecule has 2 N–H and O–H groups in total. The van der Waals surface area contributed by atoms with Gasteiger partial charge >= 0.3 is 0 Å². The molecule has 0 saturated carbocycles. The van der Waals surface area contributed by atoms with Crippen LogP contribution in [-0.4, -0.2) is 57.8 Å². The molecule has 0 spiro atoms. The summed E-state index contributed by atoms with van der Waals surface area (Å²) in [5.41, 5.74) is 1.06. The first-order valence-corrected chi connectivity index (χ1v) is 11.1. The number of hydrogen-bond acceptors (Lipinski definition) is 5. The molecule has 0 bridgehead atoms. The summed E-state index contributed by atoms with van der Waals surface area (Å²) in [6.45, 7) is 5.02. The van der Waals surface area contributed by atoms with E-state index in [-0.39, 0.29) is 24.0 Å². The second kappa shape index (κ2) is 13.8. The number of rotatable bonds is 10. The van der Waals surface area contributed by atoms with Gasteiger partial charge in [0.2, 0.25) is 0 Å². The fourth-order valence-electron chi connectivity index (χ4n) is 3.60. The molecule has 2 aromatic rings. The van der Waals surface area contributed by atoms with Crippen LogP contribution in [0.2, 0.25) is 0 Å². The van der Waals surface area contributed by atoms with Crippen molar-refractivity contribution in [2.45, 2.75) is 25.5 Å². The lowest BCUT2D eigenvalue weighted by atomic mass is 10.2. The summed E-state index contributed by atoms with van der Waals surface area (Å²) < 4.78 is 11.1. The summed E-state index contributed by atoms with van der Waals surface area (Å²) in [5, 5.41) is 8.99. The smallest absolute Gasteiger partial charge is 0.191 e. The third kappa shape index (κ3) is 7.40. The van der Waals surface area contributed by atoms with Gasteiger partial charge < -0.3 is 20.1 Å². The largest absolute Gasteiger partial charge is 0.496 e. The lowest BCUT2D eigenvalue weighted by Gasteiger charge is -2.27. The minimum atomic E-state index is 0. The summed E-state index contributed by atoms with van der Waals surface area (Å²) in [4.78, 5) is 8.34. The van der Waals surface area contributed by atoms with Gasteiger partial charge in [0.05, 0.1) is 26.4 Å². The monoisotopic (exact) mass is 544 g/mol. The van der Waals surface area contributed by atoms with E-state index < -0.39 is 0 Å². The Bertz CT molecular complexity index is 751. The fourth-order valence-corrected chi connectivity index (χ4v) is 4.46. The van der Waals surface area contributed by atoms with E-state index in [4.69, 9.17) is 9.47 Å². The first-order valence-electron chi connectivity index (χ1n) is 10.2. The summed E-state index contributed by atoms with van der Waals surface area (Å²) >= 11 is 1.83. The van der Waals surface area contributed by atoms with Crippen molar-refractivity contribution < 1.29 is 9.47 Å². The zero-order valence-corrected chi connectivity index (χ0v) is 20.9. The van der Waals surface area contributed by atoms with Gasteiger partial charge in [0.1, 0.15) is 5.75 Å². The molecule has 166 valence electrons. The Hall–Kier alpha value is -1.36. The molecule has 30 heavy (non-hydrogen) atoms. The summed E-state index contributed by atoms with van der Waals surface area (Å²) in [5.74, 6) is 1.67. The van der Waals surface area contributed by atoms with Crippen LogP contribution in [-0.2, 0) is 11.3 Å². The molecule has 1 fully saturated rings. The van der Waals surface area contributed by atoms with Crippen molar-refractivity contribution in [2.75, 3.05) is 46.9 Å². The highest BCUT2D eigenvalue weighted by Crippen LogP contribution is 2.27. The van der Waals surface area contributed by atoms with E-state index in [1.54, 1.807) is 14.2 Å². The van der Waals surface area contributed by atoms with Gasteiger partial charge in [-0.05, 0) is 43.4 Å². The van der Waals surface area contributed by atoms with E-state index in [1.165, 1.54) is 30.8 Å². The van der Waals surface area contributed by atoms with E-state index in [9.17, 15) is 0 Å².